The van der Waals surface area contributed by atoms with Crippen molar-refractivity contribution in [3.8, 4) is 5.75 Å². The lowest BCUT2D eigenvalue weighted by molar-refractivity contribution is -0.123. The van der Waals surface area contributed by atoms with Gasteiger partial charge in [0, 0.05) is 0 Å². The monoisotopic (exact) mass is 465 g/mol. The molecule has 1 fully saturated rings. The van der Waals surface area contributed by atoms with Gasteiger partial charge in [-0.3, -0.25) is 14.5 Å². The minimum absolute atomic E-state index is 0.248. The number of hydrogen-bond donors (Lipinski definition) is 0. The Morgan fingerprint density at radius 3 is 2.47 bits per heavy atom. The summed E-state index contributed by atoms with van der Waals surface area (Å²) in [4.78, 5) is 27.4. The molecule has 1 saturated heterocycles. The van der Waals surface area contributed by atoms with Crippen molar-refractivity contribution in [3.05, 3.63) is 118 Å². The molecule has 0 saturated carbocycles. The average molecular weight is 466 g/mol. The first-order valence-corrected chi connectivity index (χ1v) is 11.9. The highest BCUT2D eigenvalue weighted by atomic mass is 32.2. The Bertz CT molecular complexity index is 1400. The van der Waals surface area contributed by atoms with Crippen LogP contribution in [0.15, 0.2) is 95.9 Å². The fourth-order valence-electron chi connectivity index (χ4n) is 4.02. The zero-order valence-electron chi connectivity index (χ0n) is 18.7. The third-order valence-electron chi connectivity index (χ3n) is 5.75. The lowest BCUT2D eigenvalue weighted by atomic mass is 10.0. The molecule has 34 heavy (non-hydrogen) atoms. The highest BCUT2D eigenvalue weighted by Crippen LogP contribution is 2.34. The highest BCUT2D eigenvalue weighted by Gasteiger charge is 2.35. The Morgan fingerprint density at radius 2 is 1.65 bits per heavy atom. The van der Waals surface area contributed by atoms with Crippen LogP contribution >= 0.6 is 11.8 Å². The van der Waals surface area contributed by atoms with Gasteiger partial charge in [-0.25, -0.2) is 0 Å². The van der Waals surface area contributed by atoms with Gasteiger partial charge in [-0.2, -0.15) is 0 Å². The van der Waals surface area contributed by atoms with Gasteiger partial charge in [0.05, 0.1) is 11.4 Å². The Labute approximate surface area is 202 Å². The lowest BCUT2D eigenvalue weighted by Crippen LogP contribution is -2.27. The van der Waals surface area contributed by atoms with Crippen molar-refractivity contribution in [3.63, 3.8) is 0 Å². The van der Waals surface area contributed by atoms with Gasteiger partial charge in [-0.1, -0.05) is 84.4 Å². The molecule has 0 spiro atoms. The predicted octanol–water partition coefficient (Wildman–Crippen LogP) is 6.96. The van der Waals surface area contributed by atoms with E-state index in [2.05, 4.69) is 19.1 Å². The third kappa shape index (κ3) is 4.75. The summed E-state index contributed by atoms with van der Waals surface area (Å²) in [6.45, 7) is 2.81. The van der Waals surface area contributed by atoms with E-state index in [1.165, 1.54) is 10.5 Å². The minimum atomic E-state index is -0.261. The van der Waals surface area contributed by atoms with E-state index >= 15 is 0 Å². The number of fused-ring (bicyclic) bond motifs is 1. The molecule has 0 N–H and O–H groups in total. The summed E-state index contributed by atoms with van der Waals surface area (Å²) in [6.07, 6.45) is 1.76. The Hall–Kier alpha value is -3.83. The van der Waals surface area contributed by atoms with Gasteiger partial charge in [-0.05, 0) is 64.4 Å². The summed E-state index contributed by atoms with van der Waals surface area (Å²) in [7, 11) is 0. The van der Waals surface area contributed by atoms with Gasteiger partial charge < -0.3 is 4.74 Å². The second kappa shape index (κ2) is 9.57. The van der Waals surface area contributed by atoms with Crippen molar-refractivity contribution >= 4 is 39.8 Å². The number of rotatable bonds is 6. The van der Waals surface area contributed by atoms with Crippen LogP contribution in [0.3, 0.4) is 0 Å². The summed E-state index contributed by atoms with van der Waals surface area (Å²) < 4.78 is 5.87. The van der Waals surface area contributed by atoms with Crippen LogP contribution < -0.4 is 4.74 Å². The van der Waals surface area contributed by atoms with E-state index in [-0.39, 0.29) is 17.7 Å². The van der Waals surface area contributed by atoms with Crippen molar-refractivity contribution in [1.29, 1.82) is 0 Å². The molecule has 0 aromatic heterocycles. The smallest absolute Gasteiger partial charge is 0.293 e. The van der Waals surface area contributed by atoms with Crippen LogP contribution in [-0.4, -0.2) is 16.0 Å². The molecular formula is C29H23NO3S. The number of aryl methyl sites for hydroxylation is 1. The molecule has 168 valence electrons. The maximum absolute atomic E-state index is 13.0. The highest BCUT2D eigenvalue weighted by molar-refractivity contribution is 8.18. The molecule has 1 aliphatic rings. The molecule has 5 heteroatoms. The Kier molecular flexibility index (Phi) is 6.19. The van der Waals surface area contributed by atoms with E-state index in [0.29, 0.717) is 11.5 Å². The van der Waals surface area contributed by atoms with Gasteiger partial charge in [0.1, 0.15) is 12.4 Å². The molecule has 0 bridgehead atoms. The van der Waals surface area contributed by atoms with Crippen molar-refractivity contribution in [2.24, 2.45) is 0 Å². The minimum Gasteiger partial charge on any atom is -0.489 e. The zero-order chi connectivity index (χ0) is 23.5. The second-order valence-electron chi connectivity index (χ2n) is 8.25. The van der Waals surface area contributed by atoms with Crippen LogP contribution in [0.4, 0.5) is 4.79 Å². The van der Waals surface area contributed by atoms with Gasteiger partial charge in [0.25, 0.3) is 11.1 Å². The quantitative estimate of drug-likeness (QED) is 0.289. The summed E-state index contributed by atoms with van der Waals surface area (Å²) in [5, 5.41) is 1.89. The van der Waals surface area contributed by atoms with Crippen molar-refractivity contribution < 1.29 is 14.3 Å². The number of hydrogen-bond acceptors (Lipinski definition) is 4. The van der Waals surface area contributed by atoms with Crippen LogP contribution in [0, 0.1) is 6.92 Å². The molecule has 0 atom stereocenters. The normalized spacial score (nSPS) is 14.9. The molecule has 4 aromatic carbocycles. The predicted molar refractivity (Wildman–Crippen MR) is 137 cm³/mol. The molecule has 1 heterocycles. The van der Waals surface area contributed by atoms with Crippen molar-refractivity contribution in [2.45, 2.75) is 20.1 Å². The van der Waals surface area contributed by atoms with Crippen LogP contribution in [0.25, 0.3) is 16.8 Å². The van der Waals surface area contributed by atoms with Crippen molar-refractivity contribution in [2.75, 3.05) is 0 Å². The summed E-state index contributed by atoms with van der Waals surface area (Å²) in [6, 6.07) is 29.7. The topological polar surface area (TPSA) is 46.6 Å². The van der Waals surface area contributed by atoms with Gasteiger partial charge >= 0.3 is 0 Å². The van der Waals surface area contributed by atoms with Gasteiger partial charge in [0.2, 0.25) is 0 Å². The van der Waals surface area contributed by atoms with Crippen LogP contribution in [0.1, 0.15) is 22.3 Å². The number of carbonyl (C=O) groups is 2. The van der Waals surface area contributed by atoms with Gasteiger partial charge in [0.15, 0.2) is 0 Å². The summed E-state index contributed by atoms with van der Waals surface area (Å²) >= 11 is 0.982. The average Bonchev–Trinajstić information content (AvgIpc) is 3.11. The number of nitrogens with zero attached hydrogens (tertiary/aromatic N) is 1. The molecule has 4 aromatic rings. The maximum Gasteiger partial charge on any atom is 0.293 e. The Balaban J connectivity index is 1.28. The fraction of sp³-hybridized carbons (Fsp3) is 0.103. The van der Waals surface area contributed by atoms with Crippen LogP contribution in [0.5, 0.6) is 5.75 Å². The molecule has 1 aliphatic heterocycles. The number of imide groups is 1. The number of amides is 2. The number of thioether (sulfide) groups is 1. The molecule has 0 unspecified atom stereocenters. The summed E-state index contributed by atoms with van der Waals surface area (Å²) in [5.41, 5.74) is 4.12. The second-order valence-corrected chi connectivity index (χ2v) is 9.25. The van der Waals surface area contributed by atoms with E-state index in [0.717, 1.165) is 45.0 Å². The number of benzene rings is 4. The fourth-order valence-corrected chi connectivity index (χ4v) is 4.86. The SMILES string of the molecule is Cc1cccc(COc2ccc(/C=C3/SC(=O)N(Cc4cccc5ccccc45)C3=O)cc2)c1. The number of carbonyl (C=O) groups excluding carboxylic acids is 2. The van der Waals surface area contributed by atoms with E-state index in [1.807, 2.05) is 78.9 Å². The molecule has 0 aliphatic carbocycles. The van der Waals surface area contributed by atoms with Crippen LogP contribution in [0.2, 0.25) is 0 Å². The third-order valence-corrected chi connectivity index (χ3v) is 6.66. The molecule has 4 nitrogen and oxygen atoms in total. The lowest BCUT2D eigenvalue weighted by Gasteiger charge is -2.14. The first kappa shape index (κ1) is 22.0. The molecule has 2 amide bonds. The zero-order valence-corrected chi connectivity index (χ0v) is 19.5. The first-order valence-electron chi connectivity index (χ1n) is 11.1. The molecule has 0 radical (unpaired) electrons. The Morgan fingerprint density at radius 1 is 0.882 bits per heavy atom. The van der Waals surface area contributed by atoms with E-state index < -0.39 is 0 Å². The van der Waals surface area contributed by atoms with Gasteiger partial charge in [-0.15, -0.1) is 0 Å². The van der Waals surface area contributed by atoms with E-state index in [1.54, 1.807) is 6.08 Å². The van der Waals surface area contributed by atoms with Crippen molar-refractivity contribution in [1.82, 2.24) is 4.90 Å². The van der Waals surface area contributed by atoms with E-state index in [4.69, 9.17) is 4.74 Å². The largest absolute Gasteiger partial charge is 0.489 e. The molecular weight excluding hydrogens is 442 g/mol. The van der Waals surface area contributed by atoms with Crippen LogP contribution in [-0.2, 0) is 17.9 Å². The van der Waals surface area contributed by atoms with E-state index in [9.17, 15) is 9.59 Å². The first-order chi connectivity index (χ1) is 16.6. The standard InChI is InChI=1S/C29H23NO3S/c1-20-6-4-7-22(16-20)19-33-25-14-12-21(13-15-25)17-27-28(31)30(29(32)34-27)18-24-10-5-9-23-8-2-3-11-26(23)24/h2-17H,18-19H2,1H3/b27-17+. The molecule has 5 rings (SSSR count). The summed E-state index contributed by atoms with van der Waals surface area (Å²) in [5.74, 6) is 0.491. The number of ether oxygens (including phenoxy) is 1. The maximum atomic E-state index is 13.0.